The molecular formula is C28H26F4O. The molecular weight excluding hydrogens is 428 g/mol. The van der Waals surface area contributed by atoms with E-state index in [-0.39, 0.29) is 22.3 Å². The van der Waals surface area contributed by atoms with E-state index in [0.29, 0.717) is 30.1 Å². The maximum Gasteiger partial charge on any atom is 0.167 e. The van der Waals surface area contributed by atoms with Crippen molar-refractivity contribution in [3.05, 3.63) is 95.6 Å². The number of halogens is 4. The van der Waals surface area contributed by atoms with Crippen LogP contribution in [-0.2, 0) is 4.74 Å². The van der Waals surface area contributed by atoms with Crippen LogP contribution in [0, 0.1) is 36.1 Å². The highest BCUT2D eigenvalue weighted by Crippen LogP contribution is 2.37. The van der Waals surface area contributed by atoms with Gasteiger partial charge in [0.05, 0.1) is 12.7 Å². The van der Waals surface area contributed by atoms with Crippen molar-refractivity contribution in [2.45, 2.75) is 38.7 Å². The Hall–Kier alpha value is -2.92. The lowest BCUT2D eigenvalue weighted by Crippen LogP contribution is -2.21. The Morgan fingerprint density at radius 3 is 2.00 bits per heavy atom. The molecule has 0 bridgehead atoms. The summed E-state index contributed by atoms with van der Waals surface area (Å²) in [5.41, 5.74) is 1.58. The smallest absolute Gasteiger partial charge is 0.167 e. The molecule has 3 aromatic rings. The fourth-order valence-electron chi connectivity index (χ4n) is 4.37. The first-order valence-electron chi connectivity index (χ1n) is 11.2. The second-order valence-electron chi connectivity index (χ2n) is 8.60. The van der Waals surface area contributed by atoms with Gasteiger partial charge < -0.3 is 4.74 Å². The van der Waals surface area contributed by atoms with Crippen molar-refractivity contribution in [3.8, 4) is 22.3 Å². The highest BCUT2D eigenvalue weighted by atomic mass is 19.2. The van der Waals surface area contributed by atoms with E-state index in [2.05, 4.69) is 6.58 Å². The van der Waals surface area contributed by atoms with E-state index in [9.17, 15) is 17.6 Å². The summed E-state index contributed by atoms with van der Waals surface area (Å²) < 4.78 is 64.0. The highest BCUT2D eigenvalue weighted by molar-refractivity contribution is 5.71. The minimum Gasteiger partial charge on any atom is -0.373 e. The summed E-state index contributed by atoms with van der Waals surface area (Å²) in [4.78, 5) is 0. The summed E-state index contributed by atoms with van der Waals surface area (Å²) >= 11 is 0. The normalized spacial score (nSPS) is 18.3. The lowest BCUT2D eigenvalue weighted by Gasteiger charge is -2.29. The molecule has 4 rings (SSSR count). The van der Waals surface area contributed by atoms with E-state index in [1.807, 2.05) is 6.08 Å². The van der Waals surface area contributed by atoms with E-state index in [1.54, 1.807) is 36.4 Å². The number of ether oxygens (including phenoxy) is 1. The first kappa shape index (κ1) is 23.2. The Labute approximate surface area is 191 Å². The molecule has 0 aliphatic carbocycles. The van der Waals surface area contributed by atoms with Crippen molar-refractivity contribution in [3.63, 3.8) is 0 Å². The number of allylic oxidation sites excluding steroid dienone is 1. The fraction of sp³-hybridized carbons (Fsp3) is 0.286. The third-order valence-corrected chi connectivity index (χ3v) is 6.39. The van der Waals surface area contributed by atoms with Crippen molar-refractivity contribution < 1.29 is 22.3 Å². The topological polar surface area (TPSA) is 9.23 Å². The van der Waals surface area contributed by atoms with Crippen molar-refractivity contribution in [2.75, 3.05) is 6.61 Å². The van der Waals surface area contributed by atoms with Crippen LogP contribution in [0.4, 0.5) is 17.6 Å². The molecule has 1 nitrogen and oxygen atoms in total. The van der Waals surface area contributed by atoms with E-state index in [0.717, 1.165) is 19.3 Å². The van der Waals surface area contributed by atoms with Gasteiger partial charge >= 0.3 is 0 Å². The monoisotopic (exact) mass is 454 g/mol. The summed E-state index contributed by atoms with van der Waals surface area (Å²) in [6, 6.07) is 12.4. The Kier molecular flexibility index (Phi) is 6.99. The summed E-state index contributed by atoms with van der Waals surface area (Å²) in [6.07, 6.45) is 4.86. The van der Waals surface area contributed by atoms with E-state index < -0.39 is 29.4 Å². The van der Waals surface area contributed by atoms with Crippen LogP contribution in [0.25, 0.3) is 22.3 Å². The Bertz CT molecular complexity index is 1150. The third-order valence-electron chi connectivity index (χ3n) is 6.39. The van der Waals surface area contributed by atoms with Crippen LogP contribution >= 0.6 is 0 Å². The number of hydrogen-bond donors (Lipinski definition) is 0. The lowest BCUT2D eigenvalue weighted by atomic mass is 9.90. The van der Waals surface area contributed by atoms with Crippen LogP contribution in [-0.4, -0.2) is 6.61 Å². The van der Waals surface area contributed by atoms with Gasteiger partial charge in [-0.1, -0.05) is 54.6 Å². The largest absolute Gasteiger partial charge is 0.373 e. The SMILES string of the molecule is C=CCCC1CCC(c2ccc(-c3ccc(-c4ccc(C)c(F)c4F)cc3)c(F)c2F)OC1. The van der Waals surface area contributed by atoms with Gasteiger partial charge in [-0.25, -0.2) is 17.6 Å². The molecule has 2 unspecified atom stereocenters. The first-order chi connectivity index (χ1) is 15.9. The van der Waals surface area contributed by atoms with Gasteiger partial charge in [-0.2, -0.15) is 0 Å². The zero-order valence-corrected chi connectivity index (χ0v) is 18.5. The lowest BCUT2D eigenvalue weighted by molar-refractivity contribution is -0.0210. The molecule has 0 N–H and O–H groups in total. The van der Waals surface area contributed by atoms with Gasteiger partial charge in [-0.05, 0) is 55.2 Å². The minimum absolute atomic E-state index is 0.109. The predicted molar refractivity (Wildman–Crippen MR) is 123 cm³/mol. The van der Waals surface area contributed by atoms with Gasteiger partial charge in [0.2, 0.25) is 0 Å². The Balaban J connectivity index is 1.54. The molecule has 1 aliphatic heterocycles. The molecule has 1 aliphatic rings. The van der Waals surface area contributed by atoms with Crippen molar-refractivity contribution >= 4 is 0 Å². The van der Waals surface area contributed by atoms with E-state index in [4.69, 9.17) is 4.74 Å². The number of aryl methyl sites for hydroxylation is 1. The fourth-order valence-corrected chi connectivity index (χ4v) is 4.37. The highest BCUT2D eigenvalue weighted by Gasteiger charge is 2.27. The first-order valence-corrected chi connectivity index (χ1v) is 11.2. The van der Waals surface area contributed by atoms with Crippen LogP contribution in [0.3, 0.4) is 0 Å². The molecule has 1 fully saturated rings. The molecule has 3 aromatic carbocycles. The van der Waals surface area contributed by atoms with Crippen molar-refractivity contribution in [2.24, 2.45) is 5.92 Å². The van der Waals surface area contributed by atoms with Crippen LogP contribution in [0.2, 0.25) is 0 Å². The summed E-state index contributed by atoms with van der Waals surface area (Å²) in [6.45, 7) is 5.75. The molecule has 0 radical (unpaired) electrons. The third kappa shape index (κ3) is 4.74. The quantitative estimate of drug-likeness (QED) is 0.269. The second-order valence-corrected chi connectivity index (χ2v) is 8.60. The molecule has 33 heavy (non-hydrogen) atoms. The molecule has 0 spiro atoms. The molecule has 5 heteroatoms. The minimum atomic E-state index is -0.940. The molecule has 0 saturated carbocycles. The average molecular weight is 455 g/mol. The molecule has 1 saturated heterocycles. The zero-order valence-electron chi connectivity index (χ0n) is 18.5. The molecule has 0 amide bonds. The van der Waals surface area contributed by atoms with Crippen molar-refractivity contribution in [1.29, 1.82) is 0 Å². The van der Waals surface area contributed by atoms with Gasteiger partial charge in [0.15, 0.2) is 23.3 Å². The number of rotatable bonds is 6. The average Bonchev–Trinajstić information content (AvgIpc) is 2.84. The summed E-state index contributed by atoms with van der Waals surface area (Å²) in [5, 5.41) is 0. The van der Waals surface area contributed by atoms with Crippen molar-refractivity contribution in [1.82, 2.24) is 0 Å². The van der Waals surface area contributed by atoms with Crippen LogP contribution in [0.1, 0.15) is 42.9 Å². The van der Waals surface area contributed by atoms with E-state index in [1.165, 1.54) is 19.1 Å². The summed E-state index contributed by atoms with van der Waals surface area (Å²) in [7, 11) is 0. The molecule has 0 aromatic heterocycles. The van der Waals surface area contributed by atoms with Gasteiger partial charge in [0.25, 0.3) is 0 Å². The van der Waals surface area contributed by atoms with Crippen LogP contribution in [0.15, 0.2) is 61.2 Å². The van der Waals surface area contributed by atoms with Gasteiger partial charge in [-0.15, -0.1) is 6.58 Å². The number of benzene rings is 3. The van der Waals surface area contributed by atoms with Gasteiger partial charge in [0.1, 0.15) is 0 Å². The number of hydrogen-bond acceptors (Lipinski definition) is 1. The van der Waals surface area contributed by atoms with Gasteiger partial charge in [0, 0.05) is 16.7 Å². The molecule has 1 heterocycles. The van der Waals surface area contributed by atoms with Crippen LogP contribution in [0.5, 0.6) is 0 Å². The second kappa shape index (κ2) is 9.92. The van der Waals surface area contributed by atoms with E-state index >= 15 is 0 Å². The standard InChI is InChI=1S/C28H26F4O/c1-3-4-5-18-7-15-24(33-16-18)23-14-13-22(27(31)28(23)32)20-10-8-19(9-11-20)21-12-6-17(2)25(29)26(21)30/h3,6,8-14,18,24H,1,4-5,7,15-16H2,2H3. The Morgan fingerprint density at radius 2 is 1.42 bits per heavy atom. The zero-order chi connectivity index (χ0) is 23.5. The maximum atomic E-state index is 15.0. The molecule has 172 valence electrons. The van der Waals surface area contributed by atoms with Crippen LogP contribution < -0.4 is 0 Å². The molecule has 2 atom stereocenters. The Morgan fingerprint density at radius 1 is 0.818 bits per heavy atom. The predicted octanol–water partition coefficient (Wildman–Crippen LogP) is 8.32. The van der Waals surface area contributed by atoms with Gasteiger partial charge in [-0.3, -0.25) is 0 Å². The summed E-state index contributed by atoms with van der Waals surface area (Å²) in [5.74, 6) is -3.25. The maximum absolute atomic E-state index is 15.0.